The van der Waals surface area contributed by atoms with Crippen LogP contribution in [-0.4, -0.2) is 40.4 Å². The minimum absolute atomic E-state index is 0. The van der Waals surface area contributed by atoms with Crippen LogP contribution in [0.2, 0.25) is 0 Å². The third-order valence-electron chi connectivity index (χ3n) is 1.15. The zero-order valence-electron chi connectivity index (χ0n) is 9.25. The van der Waals surface area contributed by atoms with Gasteiger partial charge in [-0.2, -0.15) is 8.42 Å². The molecule has 0 aromatic rings. The maximum absolute atomic E-state index is 10.9. The van der Waals surface area contributed by atoms with Crippen LogP contribution in [-0.2, 0) is 14.3 Å². The molecule has 76 valence electrons. The molecule has 0 radical (unpaired) electrons. The molecule has 0 rings (SSSR count). The van der Waals surface area contributed by atoms with Gasteiger partial charge < -0.3 is 12.5 Å². The minimum Gasteiger partial charge on any atom is -1.00 e. The van der Waals surface area contributed by atoms with Crippen LogP contribution in [0.15, 0.2) is 0 Å². The number of nitrogens with one attached hydrogen (secondary N) is 1. The van der Waals surface area contributed by atoms with Gasteiger partial charge in [0.2, 0.25) is 0 Å². The van der Waals surface area contributed by atoms with Gasteiger partial charge in [-0.25, -0.2) is 0 Å². The van der Waals surface area contributed by atoms with Crippen molar-refractivity contribution in [2.75, 3.05) is 32.0 Å². The van der Waals surface area contributed by atoms with E-state index in [-0.39, 0.29) is 43.3 Å². The summed E-state index contributed by atoms with van der Waals surface area (Å²) in [5.74, 6) is 0.000833. The van der Waals surface area contributed by atoms with Crippen molar-refractivity contribution in [2.24, 2.45) is 5.73 Å². The van der Waals surface area contributed by atoms with Crippen molar-refractivity contribution in [2.45, 2.75) is 6.92 Å². The average Bonchev–Trinajstić information content (AvgIpc) is 1.98. The molecule has 0 unspecified atom stereocenters. The van der Waals surface area contributed by atoms with Gasteiger partial charge in [0.25, 0.3) is 10.1 Å². The number of nitrogens with two attached hydrogens (primary N) is 1. The summed E-state index contributed by atoms with van der Waals surface area (Å²) in [6, 6.07) is 0. The Bertz CT molecular complexity index is 201. The minimum atomic E-state index is -3.32. The van der Waals surface area contributed by atoms with Crippen LogP contribution in [0.5, 0.6) is 0 Å². The third kappa shape index (κ3) is 10.8. The second-order valence-electron chi connectivity index (χ2n) is 2.21. The molecule has 0 aliphatic heterocycles. The molecule has 0 amide bonds. The molecule has 0 saturated heterocycles. The van der Waals surface area contributed by atoms with Crippen molar-refractivity contribution in [1.29, 1.82) is 0 Å². The maximum Gasteiger partial charge on any atom is 1.00 e. The van der Waals surface area contributed by atoms with Crippen LogP contribution < -0.4 is 40.6 Å². The molecule has 0 aliphatic carbocycles. The van der Waals surface area contributed by atoms with Crippen molar-refractivity contribution >= 4 is 10.1 Å². The quantitative estimate of drug-likeness (QED) is 0.260. The molecule has 0 aromatic carbocycles. The normalized spacial score (nSPS) is 10.9. The Kier molecular flexibility index (Phi) is 11.7. The Hall–Kier alpha value is 0.830. The fourth-order valence-electron chi connectivity index (χ4n) is 0.663. The molecule has 0 spiro atoms. The van der Waals surface area contributed by atoms with Crippen molar-refractivity contribution in [3.63, 3.8) is 0 Å². The Morgan fingerprint density at radius 3 is 2.54 bits per heavy atom. The molecular formula is C6H17N2NaO3S. The molecule has 3 N–H and O–H groups in total. The first-order valence-corrected chi connectivity index (χ1v) is 5.48. The van der Waals surface area contributed by atoms with Crippen molar-refractivity contribution in [3.8, 4) is 0 Å². The smallest absolute Gasteiger partial charge is 1.00 e. The molecule has 0 fully saturated rings. The van der Waals surface area contributed by atoms with Gasteiger partial charge in [0, 0.05) is 19.6 Å². The van der Waals surface area contributed by atoms with E-state index in [1.165, 1.54) is 0 Å². The number of rotatable bonds is 7. The van der Waals surface area contributed by atoms with Gasteiger partial charge in [-0.1, -0.05) is 0 Å². The van der Waals surface area contributed by atoms with Gasteiger partial charge in [-0.3, -0.25) is 4.18 Å². The second-order valence-corrected chi connectivity index (χ2v) is 3.97. The average molecular weight is 220 g/mol. The van der Waals surface area contributed by atoms with Crippen LogP contribution in [0.3, 0.4) is 0 Å². The Morgan fingerprint density at radius 1 is 1.46 bits per heavy atom. The zero-order valence-corrected chi connectivity index (χ0v) is 11.1. The van der Waals surface area contributed by atoms with E-state index in [2.05, 4.69) is 9.50 Å². The van der Waals surface area contributed by atoms with E-state index in [0.717, 1.165) is 0 Å². The van der Waals surface area contributed by atoms with Crippen LogP contribution >= 0.6 is 0 Å². The van der Waals surface area contributed by atoms with E-state index in [1.807, 2.05) is 0 Å². The SMILES string of the molecule is CCOS(=O)(=O)CCNCCN.[H-].[Na+]. The number of hydrogen-bond donors (Lipinski definition) is 2. The van der Waals surface area contributed by atoms with Crippen LogP contribution in [0, 0.1) is 0 Å². The van der Waals surface area contributed by atoms with Gasteiger partial charge >= 0.3 is 29.6 Å². The summed E-state index contributed by atoms with van der Waals surface area (Å²) in [7, 11) is -3.32. The summed E-state index contributed by atoms with van der Waals surface area (Å²) in [5, 5.41) is 2.87. The first kappa shape index (κ1) is 16.3. The summed E-state index contributed by atoms with van der Waals surface area (Å²) >= 11 is 0. The van der Waals surface area contributed by atoms with Gasteiger partial charge in [0.15, 0.2) is 0 Å². The van der Waals surface area contributed by atoms with E-state index in [9.17, 15) is 8.42 Å². The third-order valence-corrected chi connectivity index (χ3v) is 2.45. The molecule has 13 heavy (non-hydrogen) atoms. The Balaban J connectivity index is -0.000000605. The molecule has 0 atom stereocenters. The van der Waals surface area contributed by atoms with Gasteiger partial charge in [0.1, 0.15) is 0 Å². The molecule has 0 aromatic heterocycles. The van der Waals surface area contributed by atoms with Gasteiger partial charge in [-0.15, -0.1) is 0 Å². The zero-order chi connectivity index (χ0) is 9.45. The maximum atomic E-state index is 10.9. The van der Waals surface area contributed by atoms with Crippen molar-refractivity contribution < 1.29 is 43.6 Å². The van der Waals surface area contributed by atoms with Crippen molar-refractivity contribution in [3.05, 3.63) is 0 Å². The van der Waals surface area contributed by atoms with Crippen LogP contribution in [0.25, 0.3) is 0 Å². The van der Waals surface area contributed by atoms with E-state index in [4.69, 9.17) is 5.73 Å². The van der Waals surface area contributed by atoms with E-state index in [1.54, 1.807) is 6.92 Å². The molecule has 7 heteroatoms. The molecule has 0 saturated carbocycles. The summed E-state index contributed by atoms with van der Waals surface area (Å²) < 4.78 is 26.3. The Morgan fingerprint density at radius 2 is 2.08 bits per heavy atom. The summed E-state index contributed by atoms with van der Waals surface area (Å²) in [5.41, 5.74) is 5.19. The van der Waals surface area contributed by atoms with E-state index < -0.39 is 10.1 Å². The summed E-state index contributed by atoms with van der Waals surface area (Å²) in [6.45, 7) is 3.36. The predicted octanol–water partition coefficient (Wildman–Crippen LogP) is -3.98. The summed E-state index contributed by atoms with van der Waals surface area (Å²) in [4.78, 5) is 0. The fourth-order valence-corrected chi connectivity index (χ4v) is 1.53. The topological polar surface area (TPSA) is 81.4 Å². The summed E-state index contributed by atoms with van der Waals surface area (Å²) in [6.07, 6.45) is 0. The van der Waals surface area contributed by atoms with Gasteiger partial charge in [0.05, 0.1) is 12.4 Å². The van der Waals surface area contributed by atoms with Gasteiger partial charge in [-0.05, 0) is 6.92 Å². The van der Waals surface area contributed by atoms with E-state index >= 15 is 0 Å². The molecular weight excluding hydrogens is 203 g/mol. The molecule has 0 aliphatic rings. The first-order chi connectivity index (χ1) is 5.62. The fraction of sp³-hybridized carbons (Fsp3) is 1.00. The molecule has 0 heterocycles. The Labute approximate surface area is 103 Å². The predicted molar refractivity (Wildman–Crippen MR) is 48.4 cm³/mol. The van der Waals surface area contributed by atoms with Crippen LogP contribution in [0.4, 0.5) is 0 Å². The van der Waals surface area contributed by atoms with E-state index in [0.29, 0.717) is 19.6 Å². The van der Waals surface area contributed by atoms with Crippen LogP contribution in [0.1, 0.15) is 8.35 Å². The monoisotopic (exact) mass is 220 g/mol. The molecule has 0 bridgehead atoms. The van der Waals surface area contributed by atoms with Crippen molar-refractivity contribution in [1.82, 2.24) is 5.32 Å². The molecule has 5 nitrogen and oxygen atoms in total. The largest absolute Gasteiger partial charge is 1.00 e. The standard InChI is InChI=1S/C6H16N2O3S.Na.H/c1-2-11-12(9,10)6-5-8-4-3-7;;/h8H,2-7H2,1H3;;/q;+1;-1. The second kappa shape index (κ2) is 9.39. The number of hydrogen-bond acceptors (Lipinski definition) is 5. The first-order valence-electron chi connectivity index (χ1n) is 3.90.